The second-order valence-electron chi connectivity index (χ2n) is 5.15. The van der Waals surface area contributed by atoms with E-state index in [1.807, 2.05) is 0 Å². The van der Waals surface area contributed by atoms with Gasteiger partial charge in [0.05, 0.1) is 13.2 Å². The Morgan fingerprint density at radius 1 is 1.00 bits per heavy atom. The highest BCUT2D eigenvalue weighted by Crippen LogP contribution is 2.24. The van der Waals surface area contributed by atoms with Crippen molar-refractivity contribution < 1.29 is 9.47 Å². The van der Waals surface area contributed by atoms with Crippen LogP contribution < -0.4 is 5.32 Å². The maximum absolute atomic E-state index is 5.51. The first kappa shape index (κ1) is 16.9. The number of hydrogen-bond acceptors (Lipinski definition) is 4. The van der Waals surface area contributed by atoms with E-state index in [-0.39, 0.29) is 0 Å². The molecule has 114 valence electrons. The highest BCUT2D eigenvalue weighted by atomic mass is 16.5. The van der Waals surface area contributed by atoms with Crippen LogP contribution in [0.15, 0.2) is 0 Å². The molecule has 1 aliphatic carbocycles. The smallest absolute Gasteiger partial charge is 0.0593 e. The van der Waals surface area contributed by atoms with Gasteiger partial charge >= 0.3 is 0 Å². The second kappa shape index (κ2) is 10.6. The van der Waals surface area contributed by atoms with Crippen molar-refractivity contribution in [2.24, 2.45) is 0 Å². The number of nitrogens with one attached hydrogen (secondary N) is 1. The Kier molecular flexibility index (Phi) is 9.43. The van der Waals surface area contributed by atoms with Crippen molar-refractivity contribution in [1.82, 2.24) is 10.2 Å². The fraction of sp³-hybridized carbons (Fsp3) is 1.00. The first-order chi connectivity index (χ1) is 9.31. The van der Waals surface area contributed by atoms with Gasteiger partial charge < -0.3 is 14.8 Å². The minimum atomic E-state index is 0.699. The van der Waals surface area contributed by atoms with E-state index in [2.05, 4.69) is 31.0 Å². The van der Waals surface area contributed by atoms with E-state index in [0.717, 1.165) is 46.1 Å². The van der Waals surface area contributed by atoms with Crippen molar-refractivity contribution in [3.05, 3.63) is 0 Å². The lowest BCUT2D eigenvalue weighted by molar-refractivity contribution is 0.0634. The molecule has 0 bridgehead atoms. The first-order valence-electron chi connectivity index (χ1n) is 7.94. The van der Waals surface area contributed by atoms with Crippen LogP contribution in [0.3, 0.4) is 0 Å². The molecule has 4 nitrogen and oxygen atoms in total. The van der Waals surface area contributed by atoms with Gasteiger partial charge in [-0.2, -0.15) is 0 Å². The summed E-state index contributed by atoms with van der Waals surface area (Å²) in [6.45, 7) is 12.7. The number of rotatable bonds is 11. The van der Waals surface area contributed by atoms with Crippen molar-refractivity contribution >= 4 is 0 Å². The molecule has 0 aliphatic heterocycles. The zero-order valence-corrected chi connectivity index (χ0v) is 13.0. The van der Waals surface area contributed by atoms with Gasteiger partial charge in [-0.25, -0.2) is 0 Å². The highest BCUT2D eigenvalue weighted by molar-refractivity contribution is 4.86. The van der Waals surface area contributed by atoms with Crippen molar-refractivity contribution in [2.45, 2.75) is 52.1 Å². The molecule has 1 saturated carbocycles. The molecule has 1 aliphatic rings. The summed E-state index contributed by atoms with van der Waals surface area (Å²) in [6, 6.07) is 1.40. The molecule has 19 heavy (non-hydrogen) atoms. The lowest BCUT2D eigenvalue weighted by Gasteiger charge is -2.29. The molecule has 1 rings (SSSR count). The van der Waals surface area contributed by atoms with Crippen LogP contribution in [0, 0.1) is 0 Å². The molecule has 0 aromatic heterocycles. The molecule has 2 atom stereocenters. The summed E-state index contributed by atoms with van der Waals surface area (Å²) in [5.74, 6) is 0. The van der Waals surface area contributed by atoms with Gasteiger partial charge in [-0.15, -0.1) is 0 Å². The van der Waals surface area contributed by atoms with Gasteiger partial charge in [-0.05, 0) is 39.7 Å². The lowest BCUT2D eigenvalue weighted by Crippen LogP contribution is -2.40. The third-order valence-corrected chi connectivity index (χ3v) is 3.87. The van der Waals surface area contributed by atoms with E-state index in [4.69, 9.17) is 9.47 Å². The summed E-state index contributed by atoms with van der Waals surface area (Å²) >= 11 is 0. The van der Waals surface area contributed by atoms with E-state index in [0.29, 0.717) is 12.1 Å². The third-order valence-electron chi connectivity index (χ3n) is 3.87. The summed E-state index contributed by atoms with van der Waals surface area (Å²) in [5.41, 5.74) is 0. The van der Waals surface area contributed by atoms with Gasteiger partial charge in [-0.1, -0.05) is 6.92 Å². The normalized spacial score (nSPS) is 23.4. The van der Waals surface area contributed by atoms with Crippen molar-refractivity contribution in [1.29, 1.82) is 0 Å². The Morgan fingerprint density at radius 3 is 2.16 bits per heavy atom. The zero-order valence-electron chi connectivity index (χ0n) is 13.0. The Hall–Kier alpha value is -0.160. The fourth-order valence-corrected chi connectivity index (χ4v) is 2.89. The molecule has 0 heterocycles. The first-order valence-corrected chi connectivity index (χ1v) is 7.94. The number of ether oxygens (including phenoxy) is 2. The predicted molar refractivity (Wildman–Crippen MR) is 79.7 cm³/mol. The van der Waals surface area contributed by atoms with Gasteiger partial charge in [0.2, 0.25) is 0 Å². The molecule has 0 aromatic rings. The number of nitrogens with zero attached hydrogens (tertiary/aromatic N) is 1. The van der Waals surface area contributed by atoms with E-state index >= 15 is 0 Å². The lowest BCUT2D eigenvalue weighted by atomic mass is 10.2. The monoisotopic (exact) mass is 272 g/mol. The Balaban J connectivity index is 2.34. The van der Waals surface area contributed by atoms with Gasteiger partial charge in [-0.3, -0.25) is 4.90 Å². The topological polar surface area (TPSA) is 33.7 Å². The van der Waals surface area contributed by atoms with Crippen LogP contribution in [-0.4, -0.2) is 63.0 Å². The molecule has 0 aromatic carbocycles. The van der Waals surface area contributed by atoms with Gasteiger partial charge in [0.15, 0.2) is 0 Å². The average Bonchev–Trinajstić information content (AvgIpc) is 2.86. The fourth-order valence-electron chi connectivity index (χ4n) is 2.89. The van der Waals surface area contributed by atoms with Crippen LogP contribution in [0.5, 0.6) is 0 Å². The Morgan fingerprint density at radius 2 is 1.63 bits per heavy atom. The maximum atomic E-state index is 5.51. The van der Waals surface area contributed by atoms with Crippen molar-refractivity contribution in [2.75, 3.05) is 46.1 Å². The quantitative estimate of drug-likeness (QED) is 0.582. The van der Waals surface area contributed by atoms with Gasteiger partial charge in [0.1, 0.15) is 0 Å². The SMILES string of the molecule is CCNC1CCC(N(CCOCC)CCOCC)C1. The minimum absolute atomic E-state index is 0.699. The second-order valence-corrected chi connectivity index (χ2v) is 5.15. The largest absolute Gasteiger partial charge is 0.380 e. The molecule has 0 spiro atoms. The Bertz CT molecular complexity index is 204. The minimum Gasteiger partial charge on any atom is -0.380 e. The molecular weight excluding hydrogens is 240 g/mol. The molecule has 0 saturated heterocycles. The van der Waals surface area contributed by atoms with Crippen LogP contribution in [0.4, 0.5) is 0 Å². The predicted octanol–water partition coefficient (Wildman–Crippen LogP) is 1.89. The van der Waals surface area contributed by atoms with E-state index in [1.54, 1.807) is 0 Å². The molecule has 0 amide bonds. The van der Waals surface area contributed by atoms with Gasteiger partial charge in [0.25, 0.3) is 0 Å². The van der Waals surface area contributed by atoms with Crippen LogP contribution in [0.2, 0.25) is 0 Å². The average molecular weight is 272 g/mol. The summed E-state index contributed by atoms with van der Waals surface area (Å²) in [7, 11) is 0. The highest BCUT2D eigenvalue weighted by Gasteiger charge is 2.28. The standard InChI is InChI=1S/C15H32N2O2/c1-4-16-14-7-8-15(13-14)17(9-11-18-5-2)10-12-19-6-3/h14-16H,4-13H2,1-3H3. The van der Waals surface area contributed by atoms with Crippen molar-refractivity contribution in [3.63, 3.8) is 0 Å². The van der Waals surface area contributed by atoms with Gasteiger partial charge in [0, 0.05) is 38.4 Å². The van der Waals surface area contributed by atoms with Crippen LogP contribution in [0.25, 0.3) is 0 Å². The summed E-state index contributed by atoms with van der Waals surface area (Å²) in [6.07, 6.45) is 3.88. The maximum Gasteiger partial charge on any atom is 0.0593 e. The van der Waals surface area contributed by atoms with E-state index in [1.165, 1.54) is 19.3 Å². The van der Waals surface area contributed by atoms with Crippen LogP contribution >= 0.6 is 0 Å². The molecule has 4 heteroatoms. The molecule has 0 radical (unpaired) electrons. The van der Waals surface area contributed by atoms with E-state index < -0.39 is 0 Å². The van der Waals surface area contributed by atoms with E-state index in [9.17, 15) is 0 Å². The molecule has 1 fully saturated rings. The van der Waals surface area contributed by atoms with Crippen molar-refractivity contribution in [3.8, 4) is 0 Å². The molecule has 2 unspecified atom stereocenters. The Labute approximate surface area is 118 Å². The number of hydrogen-bond donors (Lipinski definition) is 1. The summed E-state index contributed by atoms with van der Waals surface area (Å²) in [4.78, 5) is 2.56. The third kappa shape index (κ3) is 6.70. The summed E-state index contributed by atoms with van der Waals surface area (Å²) < 4.78 is 11.0. The summed E-state index contributed by atoms with van der Waals surface area (Å²) in [5, 5.41) is 3.57. The van der Waals surface area contributed by atoms with Crippen LogP contribution in [0.1, 0.15) is 40.0 Å². The zero-order chi connectivity index (χ0) is 13.9. The molecule has 1 N–H and O–H groups in total. The van der Waals surface area contributed by atoms with Crippen LogP contribution in [-0.2, 0) is 9.47 Å². The molecular formula is C15H32N2O2.